The molecule has 0 atom stereocenters. The summed E-state index contributed by atoms with van der Waals surface area (Å²) in [5.41, 5.74) is 0.829. The maximum atomic E-state index is 13.4. The normalized spacial score (nSPS) is 15.1. The van der Waals surface area contributed by atoms with Gasteiger partial charge in [0.05, 0.1) is 18.6 Å². The molecular formula is C24H32N6O2. The Bertz CT molecular complexity index is 1150. The van der Waals surface area contributed by atoms with Crippen molar-refractivity contribution in [2.45, 2.75) is 39.8 Å². The third-order valence-corrected chi connectivity index (χ3v) is 5.38. The second-order valence-electron chi connectivity index (χ2n) is 9.31. The highest BCUT2D eigenvalue weighted by Gasteiger charge is 2.18. The Hall–Kier alpha value is -2.97. The molecule has 0 bridgehead atoms. The van der Waals surface area contributed by atoms with E-state index in [0.29, 0.717) is 23.6 Å². The van der Waals surface area contributed by atoms with Crippen LogP contribution in [0, 0.1) is 6.92 Å². The quantitative estimate of drug-likeness (QED) is 0.613. The molecule has 0 aromatic carbocycles. The van der Waals surface area contributed by atoms with Crippen molar-refractivity contribution in [3.63, 3.8) is 0 Å². The Morgan fingerprint density at radius 3 is 2.59 bits per heavy atom. The molecule has 3 aromatic heterocycles. The summed E-state index contributed by atoms with van der Waals surface area (Å²) in [7, 11) is 0. The predicted molar refractivity (Wildman–Crippen MR) is 129 cm³/mol. The van der Waals surface area contributed by atoms with Gasteiger partial charge in [-0.1, -0.05) is 0 Å². The molecule has 0 saturated carbocycles. The van der Waals surface area contributed by atoms with E-state index in [1.54, 1.807) is 10.8 Å². The molecule has 1 saturated heterocycles. The molecule has 1 fully saturated rings. The Morgan fingerprint density at radius 1 is 1.09 bits per heavy atom. The first-order valence-electron chi connectivity index (χ1n) is 11.1. The molecule has 1 aliphatic heterocycles. The smallest absolute Gasteiger partial charge is 0.262 e. The molecule has 0 spiro atoms. The number of ether oxygens (including phenoxy) is 1. The van der Waals surface area contributed by atoms with E-state index < -0.39 is 0 Å². The lowest BCUT2D eigenvalue weighted by atomic mass is 10.1. The number of nitrogens with one attached hydrogen (secondary N) is 2. The van der Waals surface area contributed by atoms with Crippen molar-refractivity contribution >= 4 is 28.2 Å². The van der Waals surface area contributed by atoms with Gasteiger partial charge >= 0.3 is 0 Å². The lowest BCUT2D eigenvalue weighted by molar-refractivity contribution is 0.0363. The fourth-order valence-corrected chi connectivity index (χ4v) is 3.80. The standard InChI is InChI=1S/C24H32N6O2/c1-17-5-7-25-19(15-17)26-20-16-18-6-8-30(10-9-29-11-13-32-14-12-29)23(31)21(18)22(27-20)28-24(2,3)4/h5-8,15-16H,9-14H2,1-4H3,(H2,25,26,27,28). The number of pyridine rings is 3. The van der Waals surface area contributed by atoms with Gasteiger partial charge in [-0.3, -0.25) is 9.69 Å². The number of fused-ring (bicyclic) bond motifs is 1. The summed E-state index contributed by atoms with van der Waals surface area (Å²) >= 11 is 0. The molecule has 0 radical (unpaired) electrons. The second-order valence-corrected chi connectivity index (χ2v) is 9.31. The van der Waals surface area contributed by atoms with Crippen LogP contribution in [0.3, 0.4) is 0 Å². The molecule has 8 nitrogen and oxygen atoms in total. The maximum Gasteiger partial charge on any atom is 0.262 e. The van der Waals surface area contributed by atoms with E-state index in [-0.39, 0.29) is 11.1 Å². The van der Waals surface area contributed by atoms with E-state index in [2.05, 4.69) is 41.3 Å². The van der Waals surface area contributed by atoms with Crippen molar-refractivity contribution in [1.82, 2.24) is 19.4 Å². The van der Waals surface area contributed by atoms with Crippen LogP contribution in [0.25, 0.3) is 10.8 Å². The van der Waals surface area contributed by atoms with Crippen LogP contribution < -0.4 is 16.2 Å². The van der Waals surface area contributed by atoms with Gasteiger partial charge in [-0.2, -0.15) is 0 Å². The molecule has 0 aliphatic carbocycles. The number of aromatic nitrogens is 3. The Labute approximate surface area is 188 Å². The highest BCUT2D eigenvalue weighted by Crippen LogP contribution is 2.26. The first-order valence-corrected chi connectivity index (χ1v) is 11.1. The zero-order valence-electron chi connectivity index (χ0n) is 19.3. The third-order valence-electron chi connectivity index (χ3n) is 5.38. The minimum absolute atomic E-state index is 0.0322. The van der Waals surface area contributed by atoms with Crippen LogP contribution >= 0.6 is 0 Å². The van der Waals surface area contributed by atoms with Crippen molar-refractivity contribution in [1.29, 1.82) is 0 Å². The predicted octanol–water partition coefficient (Wildman–Crippen LogP) is 3.39. The first kappa shape index (κ1) is 22.2. The average Bonchev–Trinajstić information content (AvgIpc) is 2.73. The lowest BCUT2D eigenvalue weighted by Crippen LogP contribution is -2.39. The number of hydrogen-bond donors (Lipinski definition) is 2. The van der Waals surface area contributed by atoms with E-state index in [1.807, 2.05) is 37.4 Å². The van der Waals surface area contributed by atoms with Crippen LogP contribution in [0.5, 0.6) is 0 Å². The van der Waals surface area contributed by atoms with Gasteiger partial charge in [-0.05, 0) is 62.9 Å². The van der Waals surface area contributed by atoms with Crippen LogP contribution in [0.2, 0.25) is 0 Å². The van der Waals surface area contributed by atoms with Gasteiger partial charge in [0.2, 0.25) is 0 Å². The van der Waals surface area contributed by atoms with E-state index in [1.165, 1.54) is 0 Å². The number of rotatable bonds is 6. The van der Waals surface area contributed by atoms with Crippen molar-refractivity contribution in [3.05, 3.63) is 52.6 Å². The molecule has 8 heteroatoms. The molecule has 170 valence electrons. The summed E-state index contributed by atoms with van der Waals surface area (Å²) in [6, 6.07) is 7.80. The number of aryl methyl sites for hydroxylation is 1. The third kappa shape index (κ3) is 5.44. The fourth-order valence-electron chi connectivity index (χ4n) is 3.80. The van der Waals surface area contributed by atoms with Crippen LogP contribution in [-0.2, 0) is 11.3 Å². The molecule has 3 aromatic rings. The van der Waals surface area contributed by atoms with Gasteiger partial charge in [-0.25, -0.2) is 9.97 Å². The summed E-state index contributed by atoms with van der Waals surface area (Å²) in [6.45, 7) is 13.0. The number of nitrogens with zero attached hydrogens (tertiary/aromatic N) is 4. The zero-order valence-corrected chi connectivity index (χ0v) is 19.3. The molecule has 2 N–H and O–H groups in total. The van der Waals surface area contributed by atoms with Gasteiger partial charge in [-0.15, -0.1) is 0 Å². The minimum Gasteiger partial charge on any atom is -0.379 e. The summed E-state index contributed by atoms with van der Waals surface area (Å²) in [4.78, 5) is 24.9. The van der Waals surface area contributed by atoms with Crippen molar-refractivity contribution in [2.24, 2.45) is 0 Å². The van der Waals surface area contributed by atoms with E-state index >= 15 is 0 Å². The summed E-state index contributed by atoms with van der Waals surface area (Å²) < 4.78 is 7.20. The summed E-state index contributed by atoms with van der Waals surface area (Å²) in [6.07, 6.45) is 3.64. The van der Waals surface area contributed by atoms with Gasteiger partial charge in [0.15, 0.2) is 0 Å². The first-order chi connectivity index (χ1) is 15.3. The molecule has 4 heterocycles. The Balaban J connectivity index is 1.69. The summed E-state index contributed by atoms with van der Waals surface area (Å²) in [5.74, 6) is 1.95. The number of morpholine rings is 1. The van der Waals surface area contributed by atoms with Gasteiger partial charge in [0.1, 0.15) is 17.5 Å². The van der Waals surface area contributed by atoms with Crippen molar-refractivity contribution in [2.75, 3.05) is 43.5 Å². The van der Waals surface area contributed by atoms with E-state index in [0.717, 1.165) is 49.6 Å². The Morgan fingerprint density at radius 2 is 1.88 bits per heavy atom. The van der Waals surface area contributed by atoms with Crippen LogP contribution in [0.4, 0.5) is 17.5 Å². The molecule has 32 heavy (non-hydrogen) atoms. The van der Waals surface area contributed by atoms with E-state index in [9.17, 15) is 4.79 Å². The lowest BCUT2D eigenvalue weighted by Gasteiger charge is -2.27. The maximum absolute atomic E-state index is 13.4. The van der Waals surface area contributed by atoms with Gasteiger partial charge in [0.25, 0.3) is 5.56 Å². The second kappa shape index (κ2) is 9.26. The van der Waals surface area contributed by atoms with Crippen molar-refractivity contribution in [3.8, 4) is 0 Å². The molecular weight excluding hydrogens is 404 g/mol. The summed E-state index contributed by atoms with van der Waals surface area (Å²) in [5, 5.41) is 8.15. The zero-order chi connectivity index (χ0) is 22.7. The minimum atomic E-state index is -0.249. The molecule has 1 aliphatic rings. The largest absolute Gasteiger partial charge is 0.379 e. The monoisotopic (exact) mass is 436 g/mol. The van der Waals surface area contributed by atoms with Crippen LogP contribution in [0.1, 0.15) is 26.3 Å². The SMILES string of the molecule is Cc1ccnc(Nc2cc3ccn(CCN4CCOCC4)c(=O)c3c(NC(C)(C)C)n2)c1. The van der Waals surface area contributed by atoms with Gasteiger partial charge < -0.3 is 19.9 Å². The number of hydrogen-bond acceptors (Lipinski definition) is 7. The highest BCUT2D eigenvalue weighted by molar-refractivity contribution is 5.93. The molecule has 0 unspecified atom stereocenters. The number of anilines is 3. The van der Waals surface area contributed by atoms with Crippen LogP contribution in [0.15, 0.2) is 41.5 Å². The molecule has 0 amide bonds. The van der Waals surface area contributed by atoms with E-state index in [4.69, 9.17) is 9.72 Å². The average molecular weight is 437 g/mol. The van der Waals surface area contributed by atoms with Crippen molar-refractivity contribution < 1.29 is 4.74 Å². The van der Waals surface area contributed by atoms with Gasteiger partial charge in [0, 0.05) is 44.1 Å². The fraction of sp³-hybridized carbons (Fsp3) is 0.458. The highest BCUT2D eigenvalue weighted by atomic mass is 16.5. The van der Waals surface area contributed by atoms with Crippen LogP contribution in [-0.4, -0.2) is 57.8 Å². The Kier molecular flexibility index (Phi) is 6.43. The topological polar surface area (TPSA) is 84.3 Å². The molecule has 4 rings (SSSR count).